The number of hydrogen-bond donors (Lipinski definition) is 2. The predicted molar refractivity (Wildman–Crippen MR) is 147 cm³/mol. The number of thioether (sulfide) groups is 1. The summed E-state index contributed by atoms with van der Waals surface area (Å²) >= 11 is 1.30. The first-order chi connectivity index (χ1) is 16.1. The number of aliphatic imine (C=N–C) groups is 1. The van der Waals surface area contributed by atoms with Crippen LogP contribution in [0.2, 0.25) is 0 Å². The summed E-state index contributed by atoms with van der Waals surface area (Å²) < 4.78 is 0. The average Bonchev–Trinajstić information content (AvgIpc) is 3.22. The zero-order chi connectivity index (χ0) is 25.7. The van der Waals surface area contributed by atoms with E-state index in [-0.39, 0.29) is 23.1 Å². The van der Waals surface area contributed by atoms with Gasteiger partial charge in [0.2, 0.25) is 5.91 Å². The van der Waals surface area contributed by atoms with E-state index in [1.165, 1.54) is 17.8 Å². The quantitative estimate of drug-likeness (QED) is 0.241. The molecule has 0 spiro atoms. The van der Waals surface area contributed by atoms with Crippen molar-refractivity contribution in [2.75, 3.05) is 19.6 Å². The molecule has 1 unspecified atom stereocenters. The molecule has 0 aliphatic carbocycles. The molecular formula is C27H46N4O2S. The largest absolute Gasteiger partial charge is 0.387 e. The Morgan fingerprint density at radius 2 is 1.94 bits per heavy atom. The highest BCUT2D eigenvalue weighted by Gasteiger charge is 2.24. The second-order valence-electron chi connectivity index (χ2n) is 9.78. The second kappa shape index (κ2) is 15.8. The highest BCUT2D eigenvalue weighted by molar-refractivity contribution is 8.16. The van der Waals surface area contributed by atoms with E-state index in [1.807, 2.05) is 31.9 Å². The number of likely N-dealkylation sites (tertiary alicyclic amines) is 1. The lowest BCUT2D eigenvalue weighted by atomic mass is 9.96. The van der Waals surface area contributed by atoms with Crippen molar-refractivity contribution in [1.29, 1.82) is 0 Å². The third-order valence-electron chi connectivity index (χ3n) is 5.73. The van der Waals surface area contributed by atoms with E-state index in [9.17, 15) is 9.59 Å². The molecule has 0 aromatic rings. The average molecular weight is 491 g/mol. The van der Waals surface area contributed by atoms with Gasteiger partial charge in [-0.25, -0.2) is 0 Å². The van der Waals surface area contributed by atoms with Gasteiger partial charge in [0.25, 0.3) is 5.24 Å². The Morgan fingerprint density at radius 1 is 1.24 bits per heavy atom. The first kappa shape index (κ1) is 30.0. The molecule has 0 bridgehead atoms. The molecule has 2 N–H and O–H groups in total. The minimum absolute atomic E-state index is 0.00976. The summed E-state index contributed by atoms with van der Waals surface area (Å²) in [5.41, 5.74) is 2.04. The Balaban J connectivity index is 2.76. The van der Waals surface area contributed by atoms with Gasteiger partial charge in [0.1, 0.15) is 0 Å². The summed E-state index contributed by atoms with van der Waals surface area (Å²) in [6.45, 7) is 20.6. The summed E-state index contributed by atoms with van der Waals surface area (Å²) in [6.07, 6.45) is 9.54. The maximum Gasteiger partial charge on any atom is 0.283 e. The molecule has 0 radical (unpaired) electrons. The first-order valence-electron chi connectivity index (χ1n) is 12.6. The van der Waals surface area contributed by atoms with Gasteiger partial charge in [-0.05, 0) is 81.5 Å². The number of carbonyl (C=O) groups is 2. The van der Waals surface area contributed by atoms with Gasteiger partial charge < -0.3 is 15.5 Å². The highest BCUT2D eigenvalue weighted by Crippen LogP contribution is 2.31. The number of allylic oxidation sites excluding steroid dienone is 3. The Hall–Kier alpha value is -2.02. The van der Waals surface area contributed by atoms with Crippen molar-refractivity contribution in [3.05, 3.63) is 35.5 Å². The predicted octanol–water partition coefficient (Wildman–Crippen LogP) is 6.13. The number of carbonyl (C=O) groups excluding carboxylic acids is 2. The zero-order valence-electron chi connectivity index (χ0n) is 22.3. The standard InChI is InChI=1S/C27H46N4O2S/c1-9-11-24(25(16-19(3)4)34-27(33)30-20(5)6)22(8)29-17-21(7)28-14-12-23-13-15-31(18-23)26(32)10-2/h10,16-17,19-20,23-24,28H,2,9,11-15,18H2,1,3-8H3,(H,30,33)/b21-17+,25-16+,29-22?/t23-,24?/m1/s1. The smallest absolute Gasteiger partial charge is 0.283 e. The van der Waals surface area contributed by atoms with Crippen molar-refractivity contribution in [2.24, 2.45) is 22.7 Å². The van der Waals surface area contributed by atoms with Crippen LogP contribution in [0, 0.1) is 17.8 Å². The number of nitrogens with one attached hydrogen (secondary N) is 2. The van der Waals surface area contributed by atoms with E-state index in [2.05, 4.69) is 51.0 Å². The molecule has 1 aliphatic rings. The van der Waals surface area contributed by atoms with Gasteiger partial charge in [0.05, 0.1) is 0 Å². The highest BCUT2D eigenvalue weighted by atomic mass is 32.2. The van der Waals surface area contributed by atoms with Gasteiger partial charge in [-0.3, -0.25) is 14.6 Å². The maximum absolute atomic E-state index is 12.5. The molecular weight excluding hydrogens is 444 g/mol. The van der Waals surface area contributed by atoms with Crippen LogP contribution in [0.4, 0.5) is 4.79 Å². The van der Waals surface area contributed by atoms with Crippen LogP contribution in [0.1, 0.15) is 74.1 Å². The minimum atomic E-state index is -0.00976. The van der Waals surface area contributed by atoms with Gasteiger partial charge in [-0.15, -0.1) is 0 Å². The Bertz CT molecular complexity index is 771. The molecule has 2 amide bonds. The van der Waals surface area contributed by atoms with Crippen LogP contribution in [0.25, 0.3) is 0 Å². The van der Waals surface area contributed by atoms with E-state index < -0.39 is 0 Å². The van der Waals surface area contributed by atoms with Crippen molar-refractivity contribution in [3.8, 4) is 0 Å². The van der Waals surface area contributed by atoms with E-state index in [0.29, 0.717) is 11.8 Å². The molecule has 0 aromatic heterocycles. The van der Waals surface area contributed by atoms with Gasteiger partial charge in [0, 0.05) is 49.2 Å². The Morgan fingerprint density at radius 3 is 2.53 bits per heavy atom. The molecule has 6 nitrogen and oxygen atoms in total. The van der Waals surface area contributed by atoms with Crippen LogP contribution in [0.3, 0.4) is 0 Å². The molecule has 1 heterocycles. The van der Waals surface area contributed by atoms with E-state index in [1.54, 1.807) is 0 Å². The van der Waals surface area contributed by atoms with E-state index in [4.69, 9.17) is 4.99 Å². The SMILES string of the molecule is C=CC(=O)N1CC[C@@H](CCN/C(C)=C/N=C(C)C(CCC)/C(=C\C(C)C)SC(=O)NC(C)C)C1. The first-order valence-corrected chi connectivity index (χ1v) is 13.4. The van der Waals surface area contributed by atoms with Crippen molar-refractivity contribution in [3.63, 3.8) is 0 Å². The van der Waals surface area contributed by atoms with Crippen LogP contribution in [0.5, 0.6) is 0 Å². The fourth-order valence-corrected chi connectivity index (χ4v) is 5.25. The number of rotatable bonds is 13. The topological polar surface area (TPSA) is 73.8 Å². The van der Waals surface area contributed by atoms with Crippen molar-refractivity contribution in [2.45, 2.75) is 80.2 Å². The minimum Gasteiger partial charge on any atom is -0.387 e. The van der Waals surface area contributed by atoms with Crippen molar-refractivity contribution in [1.82, 2.24) is 15.5 Å². The van der Waals surface area contributed by atoms with Crippen LogP contribution < -0.4 is 10.6 Å². The Kier molecular flexibility index (Phi) is 13.9. The van der Waals surface area contributed by atoms with Crippen molar-refractivity contribution < 1.29 is 9.59 Å². The molecule has 1 fully saturated rings. The zero-order valence-corrected chi connectivity index (χ0v) is 23.1. The van der Waals surface area contributed by atoms with Crippen LogP contribution >= 0.6 is 11.8 Å². The molecule has 34 heavy (non-hydrogen) atoms. The van der Waals surface area contributed by atoms with Gasteiger partial charge in [-0.2, -0.15) is 0 Å². The Labute approximate surface area is 211 Å². The normalized spacial score (nSPS) is 18.4. The summed E-state index contributed by atoms with van der Waals surface area (Å²) in [7, 11) is 0. The lowest BCUT2D eigenvalue weighted by Gasteiger charge is -2.21. The van der Waals surface area contributed by atoms with Crippen LogP contribution in [-0.2, 0) is 4.79 Å². The van der Waals surface area contributed by atoms with E-state index >= 15 is 0 Å². The molecule has 1 aliphatic heterocycles. The monoisotopic (exact) mass is 490 g/mol. The molecule has 1 rings (SSSR count). The molecule has 0 aromatic carbocycles. The second-order valence-corrected chi connectivity index (χ2v) is 10.8. The fraction of sp³-hybridized carbons (Fsp3) is 0.667. The van der Waals surface area contributed by atoms with Gasteiger partial charge >= 0.3 is 0 Å². The third-order valence-corrected chi connectivity index (χ3v) is 6.69. The molecule has 2 atom stereocenters. The lowest BCUT2D eigenvalue weighted by Crippen LogP contribution is -2.27. The fourth-order valence-electron chi connectivity index (χ4n) is 3.97. The van der Waals surface area contributed by atoms with Crippen LogP contribution in [0.15, 0.2) is 40.5 Å². The lowest BCUT2D eigenvalue weighted by molar-refractivity contribution is -0.125. The third kappa shape index (κ3) is 11.4. The number of hydrogen-bond acceptors (Lipinski definition) is 5. The van der Waals surface area contributed by atoms with Gasteiger partial charge in [0.15, 0.2) is 0 Å². The van der Waals surface area contributed by atoms with Crippen molar-refractivity contribution >= 4 is 28.6 Å². The molecule has 0 saturated carbocycles. The summed E-state index contributed by atoms with van der Waals surface area (Å²) in [5.74, 6) is 1.05. The molecule has 192 valence electrons. The summed E-state index contributed by atoms with van der Waals surface area (Å²) in [5, 5.41) is 6.43. The van der Waals surface area contributed by atoms with Gasteiger partial charge in [-0.1, -0.05) is 39.8 Å². The molecule has 1 saturated heterocycles. The maximum atomic E-state index is 12.5. The number of amides is 2. The van der Waals surface area contributed by atoms with E-state index in [0.717, 1.165) is 61.6 Å². The summed E-state index contributed by atoms with van der Waals surface area (Å²) in [4.78, 5) is 31.9. The van der Waals surface area contributed by atoms with Crippen LogP contribution in [-0.4, -0.2) is 47.4 Å². The number of nitrogens with zero attached hydrogens (tertiary/aromatic N) is 2. The summed E-state index contributed by atoms with van der Waals surface area (Å²) in [6, 6.07) is 0.117. The molecule has 7 heteroatoms.